The van der Waals surface area contributed by atoms with Crippen molar-refractivity contribution in [1.82, 2.24) is 24.1 Å². The summed E-state index contributed by atoms with van der Waals surface area (Å²) in [7, 11) is -3.27. The molecule has 2 fully saturated rings. The minimum atomic E-state index is -4.64. The van der Waals surface area contributed by atoms with Gasteiger partial charge < -0.3 is 5.32 Å². The van der Waals surface area contributed by atoms with Gasteiger partial charge in [0.25, 0.3) is 0 Å². The van der Waals surface area contributed by atoms with Crippen LogP contribution in [0.1, 0.15) is 50.1 Å². The van der Waals surface area contributed by atoms with Gasteiger partial charge >= 0.3 is 6.18 Å². The van der Waals surface area contributed by atoms with Crippen LogP contribution in [0.5, 0.6) is 0 Å². The van der Waals surface area contributed by atoms with Crippen LogP contribution in [0.3, 0.4) is 0 Å². The summed E-state index contributed by atoms with van der Waals surface area (Å²) in [6, 6.07) is 2.15. The second kappa shape index (κ2) is 9.50. The maximum atomic E-state index is 13.7. The van der Waals surface area contributed by atoms with Crippen molar-refractivity contribution in [2.45, 2.75) is 56.8 Å². The Labute approximate surface area is 196 Å². The van der Waals surface area contributed by atoms with Crippen LogP contribution in [0.2, 0.25) is 0 Å². The van der Waals surface area contributed by atoms with E-state index in [-0.39, 0.29) is 35.2 Å². The van der Waals surface area contributed by atoms with Gasteiger partial charge in [-0.2, -0.15) is 23.5 Å². The van der Waals surface area contributed by atoms with Gasteiger partial charge in [0.2, 0.25) is 16.0 Å². The van der Waals surface area contributed by atoms with Crippen LogP contribution < -0.4 is 5.32 Å². The van der Waals surface area contributed by atoms with Gasteiger partial charge in [-0.3, -0.25) is 4.68 Å². The molecule has 3 heterocycles. The average Bonchev–Trinajstić information content (AvgIpc) is 3.28. The van der Waals surface area contributed by atoms with Crippen molar-refractivity contribution in [3.63, 3.8) is 0 Å². The van der Waals surface area contributed by atoms with Crippen LogP contribution in [0, 0.1) is 17.2 Å². The lowest BCUT2D eigenvalue weighted by atomic mass is 9.87. The van der Waals surface area contributed by atoms with Crippen molar-refractivity contribution in [3.8, 4) is 17.3 Å². The van der Waals surface area contributed by atoms with E-state index >= 15 is 0 Å². The molecule has 9 nitrogen and oxygen atoms in total. The zero-order valence-electron chi connectivity index (χ0n) is 18.7. The molecule has 1 saturated carbocycles. The summed E-state index contributed by atoms with van der Waals surface area (Å²) >= 11 is 0. The Morgan fingerprint density at radius 1 is 1.12 bits per heavy atom. The molecule has 2 aromatic rings. The average molecular weight is 498 g/mol. The van der Waals surface area contributed by atoms with Crippen LogP contribution in [0.25, 0.3) is 11.3 Å². The van der Waals surface area contributed by atoms with Gasteiger partial charge in [0.05, 0.1) is 30.3 Å². The number of alkyl halides is 3. The molecular formula is C21H26F3N7O2S. The lowest BCUT2D eigenvalue weighted by molar-refractivity contribution is -0.137. The number of sulfonamides is 1. The van der Waals surface area contributed by atoms with Gasteiger partial charge in [-0.15, -0.1) is 0 Å². The molecule has 0 amide bonds. The van der Waals surface area contributed by atoms with E-state index < -0.39 is 21.8 Å². The van der Waals surface area contributed by atoms with Crippen LogP contribution >= 0.6 is 0 Å². The van der Waals surface area contributed by atoms with Crippen LogP contribution in [0.4, 0.5) is 19.1 Å². The van der Waals surface area contributed by atoms with Crippen molar-refractivity contribution in [2.24, 2.45) is 5.92 Å². The lowest BCUT2D eigenvalue weighted by Crippen LogP contribution is -2.42. The molecule has 13 heteroatoms. The van der Waals surface area contributed by atoms with Crippen LogP contribution in [-0.2, 0) is 16.2 Å². The Bertz CT molecular complexity index is 1160. The summed E-state index contributed by atoms with van der Waals surface area (Å²) in [6.07, 6.45) is 4.20. The predicted octanol–water partition coefficient (Wildman–Crippen LogP) is 3.45. The van der Waals surface area contributed by atoms with Crippen LogP contribution in [-0.4, -0.2) is 57.9 Å². The van der Waals surface area contributed by atoms with Crippen molar-refractivity contribution < 1.29 is 21.6 Å². The number of nitriles is 1. The van der Waals surface area contributed by atoms with Crippen molar-refractivity contribution in [3.05, 3.63) is 24.2 Å². The highest BCUT2D eigenvalue weighted by Gasteiger charge is 2.36. The quantitative estimate of drug-likeness (QED) is 0.672. The number of anilines is 1. The lowest BCUT2D eigenvalue weighted by Gasteiger charge is -2.30. The molecule has 34 heavy (non-hydrogen) atoms. The first kappa shape index (κ1) is 24.4. The predicted molar refractivity (Wildman–Crippen MR) is 118 cm³/mol. The molecule has 1 N–H and O–H groups in total. The van der Waals surface area contributed by atoms with E-state index in [2.05, 4.69) is 26.5 Å². The van der Waals surface area contributed by atoms with Crippen molar-refractivity contribution >= 4 is 16.0 Å². The van der Waals surface area contributed by atoms with E-state index in [0.29, 0.717) is 25.9 Å². The third kappa shape index (κ3) is 5.50. The number of halogens is 3. The summed E-state index contributed by atoms with van der Waals surface area (Å²) in [6.45, 7) is 0.648. The summed E-state index contributed by atoms with van der Waals surface area (Å²) in [5.41, 5.74) is -0.958. The zero-order chi connectivity index (χ0) is 24.5. The molecule has 0 atom stereocenters. The molecule has 1 aliphatic carbocycles. The molecule has 0 bridgehead atoms. The first-order valence-corrected chi connectivity index (χ1v) is 13.0. The molecule has 0 unspecified atom stereocenters. The minimum absolute atomic E-state index is 0.0166. The van der Waals surface area contributed by atoms with Gasteiger partial charge in [0, 0.05) is 43.0 Å². The standard InChI is InChI=1S/C21H26F3N7O2S/c1-34(32,33)30-8-6-16(7-9-30)28-20-26-12-18(21(22,23)24)19(29-20)15-11-27-31(13-15)17-4-2-14(10-25)3-5-17/h11-14,16-17H,2-9H2,1H3,(H,26,28,29)/t14-,17-. The third-order valence-corrected chi connectivity index (χ3v) is 7.78. The summed E-state index contributed by atoms with van der Waals surface area (Å²) < 4.78 is 67.5. The highest BCUT2D eigenvalue weighted by molar-refractivity contribution is 7.88. The van der Waals surface area contributed by atoms with E-state index in [1.165, 1.54) is 10.5 Å². The van der Waals surface area contributed by atoms with Crippen LogP contribution in [0.15, 0.2) is 18.6 Å². The van der Waals surface area contributed by atoms with Crippen molar-refractivity contribution in [2.75, 3.05) is 24.7 Å². The fourth-order valence-corrected chi connectivity index (χ4v) is 5.40. The Balaban J connectivity index is 1.53. The second-order valence-corrected chi connectivity index (χ2v) is 10.9. The van der Waals surface area contributed by atoms with Gasteiger partial charge in [0.15, 0.2) is 0 Å². The van der Waals surface area contributed by atoms with E-state index in [0.717, 1.165) is 38.1 Å². The Hall–Kier alpha value is -2.72. The number of nitrogens with one attached hydrogen (secondary N) is 1. The summed E-state index contributed by atoms with van der Waals surface area (Å²) in [5, 5.41) is 16.4. The smallest absolute Gasteiger partial charge is 0.351 e. The highest BCUT2D eigenvalue weighted by atomic mass is 32.2. The van der Waals surface area contributed by atoms with E-state index in [1.807, 2.05) is 0 Å². The Kier molecular flexibility index (Phi) is 6.82. The molecule has 0 radical (unpaired) electrons. The number of piperidine rings is 1. The topological polar surface area (TPSA) is 117 Å². The molecule has 184 valence electrons. The molecule has 2 aromatic heterocycles. The molecular weight excluding hydrogens is 471 g/mol. The van der Waals surface area contributed by atoms with E-state index in [1.54, 1.807) is 10.9 Å². The fourth-order valence-electron chi connectivity index (χ4n) is 4.52. The summed E-state index contributed by atoms with van der Waals surface area (Å²) in [5.74, 6) is 0.0750. The van der Waals surface area contributed by atoms with Gasteiger partial charge in [0.1, 0.15) is 5.56 Å². The second-order valence-electron chi connectivity index (χ2n) is 8.88. The molecule has 2 aliphatic rings. The van der Waals surface area contributed by atoms with Gasteiger partial charge in [-0.25, -0.2) is 22.7 Å². The monoisotopic (exact) mass is 497 g/mol. The fraction of sp³-hybridized carbons (Fsp3) is 0.619. The molecule has 1 aliphatic heterocycles. The minimum Gasteiger partial charge on any atom is -0.351 e. The molecule has 1 saturated heterocycles. The number of aromatic nitrogens is 4. The zero-order valence-corrected chi connectivity index (χ0v) is 19.5. The Morgan fingerprint density at radius 3 is 2.38 bits per heavy atom. The maximum Gasteiger partial charge on any atom is 0.419 e. The highest BCUT2D eigenvalue weighted by Crippen LogP contribution is 2.37. The maximum absolute atomic E-state index is 13.7. The number of hydrogen-bond acceptors (Lipinski definition) is 7. The number of nitrogens with zero attached hydrogens (tertiary/aromatic N) is 6. The first-order chi connectivity index (χ1) is 16.0. The SMILES string of the molecule is CS(=O)(=O)N1CCC(Nc2ncc(C(F)(F)F)c(-c3cnn([C@H]4CC[C@H](C#N)CC4)c3)n2)CC1. The van der Waals surface area contributed by atoms with E-state index in [9.17, 15) is 21.6 Å². The first-order valence-electron chi connectivity index (χ1n) is 11.1. The van der Waals surface area contributed by atoms with E-state index in [4.69, 9.17) is 5.26 Å². The Morgan fingerprint density at radius 2 is 1.79 bits per heavy atom. The number of hydrogen-bond donors (Lipinski definition) is 1. The summed E-state index contributed by atoms with van der Waals surface area (Å²) in [4.78, 5) is 8.06. The molecule has 0 spiro atoms. The molecule has 0 aromatic carbocycles. The largest absolute Gasteiger partial charge is 0.419 e. The third-order valence-electron chi connectivity index (χ3n) is 6.48. The van der Waals surface area contributed by atoms with Gasteiger partial charge in [-0.05, 0) is 38.5 Å². The normalized spacial score (nSPS) is 22.9. The molecule has 4 rings (SSSR count). The van der Waals surface area contributed by atoms with Gasteiger partial charge in [-0.1, -0.05) is 0 Å². The number of rotatable bonds is 5. The van der Waals surface area contributed by atoms with Crippen molar-refractivity contribution in [1.29, 1.82) is 5.26 Å².